The van der Waals surface area contributed by atoms with Crippen molar-refractivity contribution in [1.29, 1.82) is 0 Å². The summed E-state index contributed by atoms with van der Waals surface area (Å²) in [5.74, 6) is 0.279. The van der Waals surface area contributed by atoms with E-state index in [0.717, 1.165) is 49.4 Å². The topological polar surface area (TPSA) is 79.7 Å². The summed E-state index contributed by atoms with van der Waals surface area (Å²) < 4.78 is 6.99. The molecule has 2 bridgehead atoms. The van der Waals surface area contributed by atoms with Crippen molar-refractivity contribution in [3.63, 3.8) is 0 Å². The van der Waals surface area contributed by atoms with E-state index in [2.05, 4.69) is 25.8 Å². The summed E-state index contributed by atoms with van der Waals surface area (Å²) in [6, 6.07) is 10.2. The summed E-state index contributed by atoms with van der Waals surface area (Å²) in [4.78, 5) is 35.7. The lowest BCUT2D eigenvalue weighted by molar-refractivity contribution is -0.144. The molecule has 1 aromatic heterocycles. The molecule has 1 N–H and O–H groups in total. The molecule has 212 valence electrons. The molecule has 3 saturated heterocycles. The molecule has 8 heteroatoms. The molecule has 1 aromatic carbocycles. The number of ether oxygens (including phenoxy) is 1. The third-order valence-electron chi connectivity index (χ3n) is 9.95. The Balaban J connectivity index is 1.18. The lowest BCUT2D eigenvalue weighted by Crippen LogP contribution is -2.50. The number of nitrogens with one attached hydrogen (secondary N) is 1. The van der Waals surface area contributed by atoms with Gasteiger partial charge in [-0.05, 0) is 63.6 Å². The number of fused-ring (bicyclic) bond motifs is 3. The van der Waals surface area contributed by atoms with Crippen molar-refractivity contribution in [3.05, 3.63) is 34.6 Å². The molecule has 39 heavy (non-hydrogen) atoms. The number of carbonyl (C=O) groups is 1. The highest BCUT2D eigenvalue weighted by molar-refractivity contribution is 5.76. The molecular weight excluding hydrogens is 490 g/mol. The zero-order valence-corrected chi connectivity index (χ0v) is 23.5. The van der Waals surface area contributed by atoms with Gasteiger partial charge in [0.15, 0.2) is 5.82 Å². The number of hydrogen-bond donors (Lipinski definition) is 1. The van der Waals surface area contributed by atoms with Crippen molar-refractivity contribution in [2.45, 2.75) is 101 Å². The largest absolute Gasteiger partial charge is 0.469 e. The highest BCUT2D eigenvalue weighted by atomic mass is 16.5. The summed E-state index contributed by atoms with van der Waals surface area (Å²) in [6.45, 7) is 2.98. The molecule has 3 aliphatic heterocycles. The highest BCUT2D eigenvalue weighted by Crippen LogP contribution is 2.44. The molecule has 2 aromatic rings. The number of piperidine rings is 1. The lowest BCUT2D eigenvalue weighted by atomic mass is 9.89. The van der Waals surface area contributed by atoms with Crippen LogP contribution in [0.3, 0.4) is 0 Å². The van der Waals surface area contributed by atoms with Gasteiger partial charge in [-0.15, -0.1) is 0 Å². The normalized spacial score (nSPS) is 28.8. The van der Waals surface area contributed by atoms with Gasteiger partial charge in [-0.25, -0.2) is 4.98 Å². The fraction of sp³-hybridized carbons (Fsp3) is 0.710. The zero-order chi connectivity index (χ0) is 26.8. The Labute approximate surface area is 232 Å². The first kappa shape index (κ1) is 26.8. The van der Waals surface area contributed by atoms with Gasteiger partial charge in [-0.2, -0.15) is 0 Å². The predicted molar refractivity (Wildman–Crippen MR) is 154 cm³/mol. The summed E-state index contributed by atoms with van der Waals surface area (Å²) in [7, 11) is 1.46. The van der Waals surface area contributed by atoms with Crippen LogP contribution in [0.4, 0.5) is 5.82 Å². The molecule has 3 unspecified atom stereocenters. The Kier molecular flexibility index (Phi) is 8.21. The van der Waals surface area contributed by atoms with E-state index in [4.69, 9.17) is 9.72 Å². The minimum Gasteiger partial charge on any atom is -0.469 e. The Morgan fingerprint density at radius 2 is 1.67 bits per heavy atom. The van der Waals surface area contributed by atoms with Crippen molar-refractivity contribution in [2.75, 3.05) is 38.6 Å². The van der Waals surface area contributed by atoms with Crippen molar-refractivity contribution in [1.82, 2.24) is 19.4 Å². The van der Waals surface area contributed by atoms with Crippen LogP contribution in [-0.2, 0) is 9.53 Å². The van der Waals surface area contributed by atoms with Crippen molar-refractivity contribution < 1.29 is 9.53 Å². The van der Waals surface area contributed by atoms with E-state index in [1.54, 1.807) is 0 Å². The number of likely N-dealkylation sites (tertiary alicyclic amines) is 1. The first-order valence-corrected chi connectivity index (χ1v) is 15.4. The van der Waals surface area contributed by atoms with Gasteiger partial charge in [0.25, 0.3) is 5.56 Å². The number of aromatic nitrogens is 2. The molecule has 0 amide bonds. The SMILES string of the molecule is COC(=O)C1CCN(CCNc2nc3ccccc3n(C3CC4CCC(C3)N4C3CCCCCCC3)c2=O)C1. The van der Waals surface area contributed by atoms with Crippen LogP contribution in [0.2, 0.25) is 0 Å². The maximum Gasteiger partial charge on any atom is 0.310 e. The van der Waals surface area contributed by atoms with Crippen LogP contribution in [0, 0.1) is 5.92 Å². The molecule has 4 heterocycles. The fourth-order valence-electron chi connectivity index (χ4n) is 8.08. The van der Waals surface area contributed by atoms with Gasteiger partial charge in [-0.1, -0.05) is 44.2 Å². The third kappa shape index (κ3) is 5.60. The summed E-state index contributed by atoms with van der Waals surface area (Å²) in [6.07, 6.45) is 15.1. The van der Waals surface area contributed by atoms with E-state index >= 15 is 0 Å². The van der Waals surface area contributed by atoms with Crippen LogP contribution in [0.1, 0.15) is 83.1 Å². The summed E-state index contributed by atoms with van der Waals surface area (Å²) in [5, 5.41) is 3.37. The molecular formula is C31H45N5O3. The molecule has 3 atom stereocenters. The predicted octanol–water partition coefficient (Wildman–Crippen LogP) is 4.58. The van der Waals surface area contributed by atoms with Gasteiger partial charge in [0, 0.05) is 43.8 Å². The zero-order valence-electron chi connectivity index (χ0n) is 23.5. The smallest absolute Gasteiger partial charge is 0.310 e. The number of nitrogens with zero attached hydrogens (tertiary/aromatic N) is 4. The van der Waals surface area contributed by atoms with Crippen molar-refractivity contribution in [3.8, 4) is 0 Å². The van der Waals surface area contributed by atoms with Crippen LogP contribution in [0.15, 0.2) is 29.1 Å². The van der Waals surface area contributed by atoms with Crippen molar-refractivity contribution >= 4 is 22.8 Å². The maximum absolute atomic E-state index is 13.9. The first-order chi connectivity index (χ1) is 19.1. The molecule has 4 aliphatic rings. The van der Waals surface area contributed by atoms with Gasteiger partial charge >= 0.3 is 5.97 Å². The Bertz CT molecular complexity index is 1190. The fourth-order valence-corrected chi connectivity index (χ4v) is 8.08. The second kappa shape index (κ2) is 12.0. The molecule has 1 aliphatic carbocycles. The van der Waals surface area contributed by atoms with Gasteiger partial charge in [0.2, 0.25) is 0 Å². The van der Waals surface area contributed by atoms with Crippen LogP contribution in [-0.4, -0.2) is 76.7 Å². The van der Waals surface area contributed by atoms with Crippen LogP contribution < -0.4 is 10.9 Å². The number of hydrogen-bond acceptors (Lipinski definition) is 7. The van der Waals surface area contributed by atoms with Gasteiger partial charge < -0.3 is 19.5 Å². The van der Waals surface area contributed by atoms with E-state index in [0.29, 0.717) is 31.0 Å². The molecule has 6 rings (SSSR count). The van der Waals surface area contributed by atoms with Gasteiger partial charge in [0.05, 0.1) is 24.1 Å². The average molecular weight is 536 g/mol. The number of para-hydroxylation sites is 2. The second-order valence-electron chi connectivity index (χ2n) is 12.3. The van der Waals surface area contributed by atoms with Crippen molar-refractivity contribution in [2.24, 2.45) is 5.92 Å². The van der Waals surface area contributed by atoms with Crippen LogP contribution >= 0.6 is 0 Å². The number of esters is 1. The average Bonchev–Trinajstić information content (AvgIpc) is 3.50. The maximum atomic E-state index is 13.9. The monoisotopic (exact) mass is 535 g/mol. The first-order valence-electron chi connectivity index (χ1n) is 15.4. The molecule has 1 saturated carbocycles. The number of methoxy groups -OCH3 is 1. The van der Waals surface area contributed by atoms with Gasteiger partial charge in [-0.3, -0.25) is 14.5 Å². The van der Waals surface area contributed by atoms with E-state index in [1.165, 1.54) is 64.9 Å². The Morgan fingerprint density at radius 1 is 0.949 bits per heavy atom. The highest BCUT2D eigenvalue weighted by Gasteiger charge is 2.44. The summed E-state index contributed by atoms with van der Waals surface area (Å²) >= 11 is 0. The van der Waals surface area contributed by atoms with E-state index in [-0.39, 0.29) is 23.5 Å². The summed E-state index contributed by atoms with van der Waals surface area (Å²) in [5.41, 5.74) is 1.84. The quantitative estimate of drug-likeness (QED) is 0.520. The van der Waals surface area contributed by atoms with E-state index in [9.17, 15) is 9.59 Å². The molecule has 0 spiro atoms. The molecule has 0 radical (unpaired) electrons. The standard InChI is InChI=1S/C31H45N5O3/c1-39-31(38)22-15-17-34(21-22)18-16-32-29-30(37)36(28-12-8-7-11-27(28)33-29)26-19-24-13-14-25(20-26)35(24)23-9-5-3-2-4-6-10-23/h7-8,11-12,22-26H,2-6,9-10,13-21H2,1H3,(H,32,33). The number of benzene rings is 1. The van der Waals surface area contributed by atoms with Crippen LogP contribution in [0.5, 0.6) is 0 Å². The second-order valence-corrected chi connectivity index (χ2v) is 12.3. The number of rotatable bonds is 7. The number of anilines is 1. The molecule has 4 fully saturated rings. The molecule has 8 nitrogen and oxygen atoms in total. The van der Waals surface area contributed by atoms with Gasteiger partial charge in [0.1, 0.15) is 0 Å². The number of carbonyl (C=O) groups excluding carboxylic acids is 1. The Morgan fingerprint density at radius 3 is 2.41 bits per heavy atom. The van der Waals surface area contributed by atoms with E-state index < -0.39 is 0 Å². The third-order valence-corrected chi connectivity index (χ3v) is 9.95. The minimum absolute atomic E-state index is 0.00589. The minimum atomic E-state index is -0.126. The van der Waals surface area contributed by atoms with Crippen LogP contribution in [0.25, 0.3) is 11.0 Å². The van der Waals surface area contributed by atoms with E-state index in [1.807, 2.05) is 18.2 Å². The Hall–Kier alpha value is -2.45. The lowest BCUT2D eigenvalue weighted by Gasteiger charge is -2.45.